The number of carbonyl (C=O) groups excluding carboxylic acids is 2. The highest BCUT2D eigenvalue weighted by Crippen LogP contribution is 2.17. The first-order valence-corrected chi connectivity index (χ1v) is 4.52. The molecule has 0 saturated heterocycles. The molecule has 0 saturated carbocycles. The van der Waals surface area contributed by atoms with Crippen molar-refractivity contribution in [3.8, 4) is 0 Å². The Morgan fingerprint density at radius 3 is 2.53 bits per heavy atom. The van der Waals surface area contributed by atoms with E-state index in [1.54, 1.807) is 13.8 Å². The van der Waals surface area contributed by atoms with E-state index in [1.165, 1.54) is 6.92 Å². The molecule has 0 amide bonds. The van der Waals surface area contributed by atoms with Crippen molar-refractivity contribution >= 4 is 17.7 Å². The first kappa shape index (κ1) is 11.2. The first-order chi connectivity index (χ1) is 6.99. The van der Waals surface area contributed by atoms with Crippen LogP contribution in [0.2, 0.25) is 0 Å². The van der Waals surface area contributed by atoms with Gasteiger partial charge in [0.2, 0.25) is 5.91 Å². The van der Waals surface area contributed by atoms with Gasteiger partial charge in [0, 0.05) is 6.92 Å². The van der Waals surface area contributed by atoms with Crippen molar-refractivity contribution in [2.24, 2.45) is 0 Å². The van der Waals surface area contributed by atoms with E-state index >= 15 is 0 Å². The third kappa shape index (κ3) is 1.98. The fourth-order valence-electron chi connectivity index (χ4n) is 1.24. The van der Waals surface area contributed by atoms with Crippen LogP contribution in [0.3, 0.4) is 0 Å². The van der Waals surface area contributed by atoms with Crippen molar-refractivity contribution in [1.29, 1.82) is 0 Å². The molecular formula is C9H13N3O3. The Kier molecular flexibility index (Phi) is 3.08. The lowest BCUT2D eigenvalue weighted by Crippen LogP contribution is -2.13. The Morgan fingerprint density at radius 1 is 1.53 bits per heavy atom. The number of nitrogens with two attached hydrogens (primary N) is 1. The lowest BCUT2D eigenvalue weighted by Gasteiger charge is -2.01. The molecule has 2 N–H and O–H groups in total. The highest BCUT2D eigenvalue weighted by Gasteiger charge is 2.21. The first-order valence-electron chi connectivity index (χ1n) is 4.52. The van der Waals surface area contributed by atoms with Crippen molar-refractivity contribution < 1.29 is 14.3 Å². The average Bonchev–Trinajstić information content (AvgIpc) is 2.42. The quantitative estimate of drug-likeness (QED) is 0.724. The second-order valence-electron chi connectivity index (χ2n) is 3.00. The van der Waals surface area contributed by atoms with Crippen LogP contribution in [0.15, 0.2) is 0 Å². The van der Waals surface area contributed by atoms with Gasteiger partial charge in [0.05, 0.1) is 12.3 Å². The van der Waals surface area contributed by atoms with Crippen molar-refractivity contribution in [3.05, 3.63) is 11.3 Å². The number of hydrogen-bond donors (Lipinski definition) is 1. The number of nitrogen functional groups attached to an aromatic ring is 1. The number of rotatable bonds is 2. The molecule has 1 aromatic rings. The molecular weight excluding hydrogens is 198 g/mol. The van der Waals surface area contributed by atoms with Gasteiger partial charge >= 0.3 is 5.97 Å². The third-order valence-electron chi connectivity index (χ3n) is 1.87. The van der Waals surface area contributed by atoms with Crippen molar-refractivity contribution in [2.45, 2.75) is 20.8 Å². The van der Waals surface area contributed by atoms with E-state index in [2.05, 4.69) is 5.10 Å². The predicted octanol–water partition coefficient (Wildman–Crippen LogP) is 0.611. The lowest BCUT2D eigenvalue weighted by molar-refractivity contribution is 0.0527. The fourth-order valence-corrected chi connectivity index (χ4v) is 1.24. The van der Waals surface area contributed by atoms with Gasteiger partial charge in [0.1, 0.15) is 11.4 Å². The highest BCUT2D eigenvalue weighted by atomic mass is 16.5. The Balaban J connectivity index is 3.19. The van der Waals surface area contributed by atoms with Crippen molar-refractivity contribution in [2.75, 3.05) is 12.3 Å². The minimum Gasteiger partial charge on any atom is -0.462 e. The van der Waals surface area contributed by atoms with Crippen LogP contribution in [0.1, 0.15) is 34.7 Å². The van der Waals surface area contributed by atoms with Crippen LogP contribution >= 0.6 is 0 Å². The highest BCUT2D eigenvalue weighted by molar-refractivity contribution is 5.97. The molecule has 0 fully saturated rings. The molecule has 0 aliphatic rings. The zero-order valence-corrected chi connectivity index (χ0v) is 8.90. The zero-order chi connectivity index (χ0) is 11.6. The average molecular weight is 211 g/mol. The maximum Gasteiger partial charge on any atom is 0.343 e. The summed E-state index contributed by atoms with van der Waals surface area (Å²) in [6.45, 7) is 4.86. The predicted molar refractivity (Wildman–Crippen MR) is 53.6 cm³/mol. The van der Waals surface area contributed by atoms with E-state index in [1.807, 2.05) is 0 Å². The van der Waals surface area contributed by atoms with Crippen LogP contribution in [-0.4, -0.2) is 28.3 Å². The van der Waals surface area contributed by atoms with Crippen LogP contribution in [0.4, 0.5) is 5.82 Å². The Labute approximate surface area is 87.0 Å². The topological polar surface area (TPSA) is 87.2 Å². The van der Waals surface area contributed by atoms with E-state index in [0.29, 0.717) is 5.69 Å². The molecule has 0 spiro atoms. The van der Waals surface area contributed by atoms with E-state index in [4.69, 9.17) is 10.5 Å². The summed E-state index contributed by atoms with van der Waals surface area (Å²) in [5.74, 6) is -0.871. The van der Waals surface area contributed by atoms with Gasteiger partial charge in [-0.05, 0) is 13.8 Å². The zero-order valence-electron chi connectivity index (χ0n) is 8.90. The van der Waals surface area contributed by atoms with Gasteiger partial charge in [-0.25, -0.2) is 4.79 Å². The molecule has 0 radical (unpaired) electrons. The van der Waals surface area contributed by atoms with Gasteiger partial charge in [0.15, 0.2) is 0 Å². The number of ether oxygens (including phenoxy) is 1. The number of nitrogens with zero attached hydrogens (tertiary/aromatic N) is 2. The molecule has 0 bridgehead atoms. The largest absolute Gasteiger partial charge is 0.462 e. The molecule has 0 atom stereocenters. The number of carbonyl (C=O) groups is 2. The maximum absolute atomic E-state index is 11.5. The van der Waals surface area contributed by atoms with Gasteiger partial charge in [0.25, 0.3) is 0 Å². The van der Waals surface area contributed by atoms with Gasteiger partial charge in [-0.3, -0.25) is 4.79 Å². The third-order valence-corrected chi connectivity index (χ3v) is 1.87. The fraction of sp³-hybridized carbons (Fsp3) is 0.444. The van der Waals surface area contributed by atoms with Gasteiger partial charge in [-0.2, -0.15) is 9.78 Å². The van der Waals surface area contributed by atoms with Crippen molar-refractivity contribution in [3.63, 3.8) is 0 Å². The van der Waals surface area contributed by atoms with E-state index in [0.717, 1.165) is 4.68 Å². The summed E-state index contributed by atoms with van der Waals surface area (Å²) < 4.78 is 5.79. The second kappa shape index (κ2) is 4.12. The SMILES string of the molecule is CCOC(=O)c1c(C)nn(C(C)=O)c1N. The number of aryl methyl sites for hydroxylation is 1. The van der Waals surface area contributed by atoms with Crippen LogP contribution in [-0.2, 0) is 4.74 Å². The minimum absolute atomic E-state index is 0.0263. The maximum atomic E-state index is 11.5. The van der Waals surface area contributed by atoms with Gasteiger partial charge < -0.3 is 10.5 Å². The van der Waals surface area contributed by atoms with Crippen LogP contribution in [0.25, 0.3) is 0 Å². The number of hydrogen-bond acceptors (Lipinski definition) is 5. The lowest BCUT2D eigenvalue weighted by atomic mass is 10.2. The van der Waals surface area contributed by atoms with E-state index < -0.39 is 5.97 Å². The summed E-state index contributed by atoms with van der Waals surface area (Å²) in [5, 5.41) is 3.85. The smallest absolute Gasteiger partial charge is 0.343 e. The van der Waals surface area contributed by atoms with Crippen LogP contribution in [0, 0.1) is 6.92 Å². The molecule has 1 heterocycles. The van der Waals surface area contributed by atoms with E-state index in [-0.39, 0.29) is 23.9 Å². The summed E-state index contributed by atoms with van der Waals surface area (Å²) in [7, 11) is 0. The molecule has 0 aromatic carbocycles. The van der Waals surface area contributed by atoms with E-state index in [9.17, 15) is 9.59 Å². The number of esters is 1. The molecule has 1 rings (SSSR count). The molecule has 6 nitrogen and oxygen atoms in total. The molecule has 0 aliphatic carbocycles. The summed E-state index contributed by atoms with van der Waals surface area (Å²) in [4.78, 5) is 22.5. The molecule has 1 aromatic heterocycles. The normalized spacial score (nSPS) is 10.1. The van der Waals surface area contributed by atoms with Crippen LogP contribution < -0.4 is 5.73 Å². The molecule has 6 heteroatoms. The second-order valence-corrected chi connectivity index (χ2v) is 3.00. The molecule has 0 unspecified atom stereocenters. The minimum atomic E-state index is -0.556. The van der Waals surface area contributed by atoms with Gasteiger partial charge in [-0.1, -0.05) is 0 Å². The van der Waals surface area contributed by atoms with Crippen molar-refractivity contribution in [1.82, 2.24) is 9.78 Å². The summed E-state index contributed by atoms with van der Waals surface area (Å²) in [6, 6.07) is 0. The summed E-state index contributed by atoms with van der Waals surface area (Å²) >= 11 is 0. The standard InChI is InChI=1S/C9H13N3O3/c1-4-15-9(14)7-5(2)11-12(6(3)13)8(7)10/h4,10H2,1-3H3. The number of anilines is 1. The summed E-state index contributed by atoms with van der Waals surface area (Å²) in [5.41, 5.74) is 6.16. The summed E-state index contributed by atoms with van der Waals surface area (Å²) in [6.07, 6.45) is 0. The monoisotopic (exact) mass is 211 g/mol. The van der Waals surface area contributed by atoms with Gasteiger partial charge in [-0.15, -0.1) is 0 Å². The Hall–Kier alpha value is -1.85. The van der Waals surface area contributed by atoms with Crippen LogP contribution in [0.5, 0.6) is 0 Å². The Morgan fingerprint density at radius 2 is 2.13 bits per heavy atom. The number of aromatic nitrogens is 2. The molecule has 15 heavy (non-hydrogen) atoms. The molecule has 0 aliphatic heterocycles. The molecule has 82 valence electrons. The Bertz CT molecular complexity index is 409.